The number of unbranched alkanes of at least 4 members (excludes halogenated alkanes) is 2. The maximum atomic E-state index is 4.85. The lowest BCUT2D eigenvalue weighted by atomic mass is 9.79. The second-order valence-corrected chi connectivity index (χ2v) is 7.17. The Morgan fingerprint density at radius 1 is 1.05 bits per heavy atom. The predicted octanol–water partition coefficient (Wildman–Crippen LogP) is 7.17. The number of rotatable bonds is 11. The van der Waals surface area contributed by atoms with E-state index in [0.717, 1.165) is 12.3 Å². The molecule has 21 heavy (non-hydrogen) atoms. The molecule has 0 N–H and O–H groups in total. The van der Waals surface area contributed by atoms with Crippen LogP contribution in [0.25, 0.3) is 0 Å². The zero-order valence-electron chi connectivity index (χ0n) is 15.8. The van der Waals surface area contributed by atoms with Crippen molar-refractivity contribution in [1.82, 2.24) is 0 Å². The lowest BCUT2D eigenvalue weighted by Crippen LogP contribution is -2.23. The van der Waals surface area contributed by atoms with Crippen LogP contribution in [0.15, 0.2) is 16.8 Å². The van der Waals surface area contributed by atoms with Gasteiger partial charge in [0.1, 0.15) is 0 Å². The van der Waals surface area contributed by atoms with Gasteiger partial charge in [0, 0.05) is 16.8 Å². The van der Waals surface area contributed by atoms with E-state index in [9.17, 15) is 0 Å². The van der Waals surface area contributed by atoms with Crippen molar-refractivity contribution in [2.45, 2.75) is 99.8 Å². The summed E-state index contributed by atoms with van der Waals surface area (Å²) in [5, 5.41) is 0. The molecule has 0 aromatic carbocycles. The standard InChI is InChI=1S/C20H39N/c1-8-11-12-14-17(4)21-18(5)20(6,7)16-15-19(10-3)13-9-2/h14,19H,8-13,15-16H2,1-7H3/b17-14-,21-18-. The third-order valence-electron chi connectivity index (χ3n) is 4.77. The maximum absolute atomic E-state index is 4.85. The monoisotopic (exact) mass is 293 g/mol. The molecule has 124 valence electrons. The normalized spacial score (nSPS) is 15.4. The van der Waals surface area contributed by atoms with Crippen LogP contribution in [0.1, 0.15) is 99.8 Å². The number of aliphatic imine (C=N–C) groups is 1. The van der Waals surface area contributed by atoms with Crippen molar-refractivity contribution in [3.63, 3.8) is 0 Å². The molecular formula is C20H39N. The van der Waals surface area contributed by atoms with Gasteiger partial charge in [0.2, 0.25) is 0 Å². The average Bonchev–Trinajstić information content (AvgIpc) is 2.43. The first-order valence-electron chi connectivity index (χ1n) is 9.09. The van der Waals surface area contributed by atoms with Gasteiger partial charge in [0.25, 0.3) is 0 Å². The van der Waals surface area contributed by atoms with Gasteiger partial charge in [0.05, 0.1) is 0 Å². The summed E-state index contributed by atoms with van der Waals surface area (Å²) in [5.74, 6) is 0.892. The molecule has 0 spiro atoms. The Bertz CT molecular complexity index is 323. The van der Waals surface area contributed by atoms with Crippen LogP contribution in [0, 0.1) is 11.3 Å². The van der Waals surface area contributed by atoms with E-state index in [0.29, 0.717) is 0 Å². The van der Waals surface area contributed by atoms with Crippen LogP contribution in [0.4, 0.5) is 0 Å². The van der Waals surface area contributed by atoms with Crippen molar-refractivity contribution in [2.24, 2.45) is 16.3 Å². The fourth-order valence-electron chi connectivity index (χ4n) is 2.68. The summed E-state index contributed by atoms with van der Waals surface area (Å²) >= 11 is 0. The molecule has 0 fully saturated rings. The van der Waals surface area contributed by atoms with Gasteiger partial charge in [-0.1, -0.05) is 72.8 Å². The number of hydrogen-bond acceptors (Lipinski definition) is 1. The molecule has 0 rings (SSSR count). The first-order chi connectivity index (χ1) is 9.87. The van der Waals surface area contributed by atoms with Crippen molar-refractivity contribution in [3.8, 4) is 0 Å². The number of allylic oxidation sites excluding steroid dienone is 2. The highest BCUT2D eigenvalue weighted by atomic mass is 14.8. The number of hydrogen-bond donors (Lipinski definition) is 0. The topological polar surface area (TPSA) is 12.4 Å². The van der Waals surface area contributed by atoms with E-state index < -0.39 is 0 Å². The molecule has 0 radical (unpaired) electrons. The smallest absolute Gasteiger partial charge is 0.0332 e. The lowest BCUT2D eigenvalue weighted by molar-refractivity contribution is 0.353. The third-order valence-corrected chi connectivity index (χ3v) is 4.77. The van der Waals surface area contributed by atoms with E-state index in [1.165, 1.54) is 56.4 Å². The van der Waals surface area contributed by atoms with E-state index >= 15 is 0 Å². The maximum Gasteiger partial charge on any atom is 0.0332 e. The van der Waals surface area contributed by atoms with Gasteiger partial charge in [-0.15, -0.1) is 0 Å². The Hall–Kier alpha value is -0.590. The molecule has 0 saturated carbocycles. The Morgan fingerprint density at radius 2 is 1.71 bits per heavy atom. The zero-order chi connectivity index (χ0) is 16.3. The molecule has 0 aromatic rings. The SMILES string of the molecule is CCCC/C=C(C)\N=C(\C)C(C)(C)CCC(CC)CCC. The Morgan fingerprint density at radius 3 is 2.24 bits per heavy atom. The largest absolute Gasteiger partial charge is 0.263 e. The lowest BCUT2D eigenvalue weighted by Gasteiger charge is -2.27. The van der Waals surface area contributed by atoms with Gasteiger partial charge in [-0.25, -0.2) is 0 Å². The van der Waals surface area contributed by atoms with Gasteiger partial charge in [-0.2, -0.15) is 0 Å². The van der Waals surface area contributed by atoms with E-state index in [4.69, 9.17) is 4.99 Å². The molecule has 0 aromatic heterocycles. The van der Waals surface area contributed by atoms with Crippen LogP contribution in [0.5, 0.6) is 0 Å². The van der Waals surface area contributed by atoms with Crippen molar-refractivity contribution in [3.05, 3.63) is 11.8 Å². The van der Waals surface area contributed by atoms with Crippen LogP contribution >= 0.6 is 0 Å². The van der Waals surface area contributed by atoms with Crippen LogP contribution < -0.4 is 0 Å². The summed E-state index contributed by atoms with van der Waals surface area (Å²) in [4.78, 5) is 4.85. The Kier molecular flexibility index (Phi) is 10.7. The van der Waals surface area contributed by atoms with Crippen LogP contribution in [-0.4, -0.2) is 5.71 Å². The average molecular weight is 294 g/mol. The van der Waals surface area contributed by atoms with Crippen molar-refractivity contribution in [2.75, 3.05) is 0 Å². The minimum Gasteiger partial charge on any atom is -0.263 e. The Labute approximate surface area is 134 Å². The van der Waals surface area contributed by atoms with E-state index in [2.05, 4.69) is 54.5 Å². The first kappa shape index (κ1) is 20.4. The van der Waals surface area contributed by atoms with Gasteiger partial charge in [-0.05, 0) is 39.0 Å². The molecule has 1 nitrogen and oxygen atoms in total. The molecule has 0 aliphatic heterocycles. The molecule has 0 saturated heterocycles. The highest BCUT2D eigenvalue weighted by molar-refractivity contribution is 5.88. The fraction of sp³-hybridized carbons (Fsp3) is 0.850. The molecule has 1 atom stereocenters. The zero-order valence-corrected chi connectivity index (χ0v) is 15.8. The molecule has 0 bridgehead atoms. The second-order valence-electron chi connectivity index (χ2n) is 7.17. The minimum atomic E-state index is 0.223. The number of nitrogens with zero attached hydrogens (tertiary/aromatic N) is 1. The van der Waals surface area contributed by atoms with Crippen molar-refractivity contribution >= 4 is 5.71 Å². The van der Waals surface area contributed by atoms with E-state index in [1.54, 1.807) is 0 Å². The fourth-order valence-corrected chi connectivity index (χ4v) is 2.68. The van der Waals surface area contributed by atoms with Crippen LogP contribution in [0.3, 0.4) is 0 Å². The van der Waals surface area contributed by atoms with Crippen molar-refractivity contribution < 1.29 is 0 Å². The van der Waals surface area contributed by atoms with Gasteiger partial charge < -0.3 is 0 Å². The van der Waals surface area contributed by atoms with E-state index in [1.807, 2.05) is 0 Å². The summed E-state index contributed by atoms with van der Waals surface area (Å²) < 4.78 is 0. The Balaban J connectivity index is 4.55. The summed E-state index contributed by atoms with van der Waals surface area (Å²) in [7, 11) is 0. The third kappa shape index (κ3) is 9.11. The molecule has 1 heteroatoms. The van der Waals surface area contributed by atoms with Crippen molar-refractivity contribution in [1.29, 1.82) is 0 Å². The molecule has 0 aliphatic rings. The van der Waals surface area contributed by atoms with Crippen LogP contribution in [0.2, 0.25) is 0 Å². The molecule has 1 unspecified atom stereocenters. The first-order valence-corrected chi connectivity index (χ1v) is 9.09. The summed E-state index contributed by atoms with van der Waals surface area (Å²) in [6, 6.07) is 0. The molecule has 0 amide bonds. The van der Waals surface area contributed by atoms with Gasteiger partial charge in [-0.3, -0.25) is 4.99 Å². The van der Waals surface area contributed by atoms with Crippen LogP contribution in [-0.2, 0) is 0 Å². The minimum absolute atomic E-state index is 0.223. The summed E-state index contributed by atoms with van der Waals surface area (Å²) in [6.07, 6.45) is 12.6. The molecule has 0 heterocycles. The molecule has 0 aliphatic carbocycles. The predicted molar refractivity (Wildman–Crippen MR) is 98.1 cm³/mol. The molecular weight excluding hydrogens is 254 g/mol. The van der Waals surface area contributed by atoms with Gasteiger partial charge in [0.15, 0.2) is 0 Å². The highest BCUT2D eigenvalue weighted by Gasteiger charge is 2.22. The summed E-state index contributed by atoms with van der Waals surface area (Å²) in [5.41, 5.74) is 2.70. The highest BCUT2D eigenvalue weighted by Crippen LogP contribution is 2.30. The van der Waals surface area contributed by atoms with Gasteiger partial charge >= 0.3 is 0 Å². The second kappa shape index (κ2) is 11.0. The summed E-state index contributed by atoms with van der Waals surface area (Å²) in [6.45, 7) is 15.9. The van der Waals surface area contributed by atoms with E-state index in [-0.39, 0.29) is 5.41 Å². The quantitative estimate of drug-likeness (QED) is 0.283.